The van der Waals surface area contributed by atoms with Crippen LogP contribution in [0.1, 0.15) is 44.9 Å². The summed E-state index contributed by atoms with van der Waals surface area (Å²) in [7, 11) is 0. The van der Waals surface area contributed by atoms with Crippen LogP contribution in [0.2, 0.25) is 0 Å². The van der Waals surface area contributed by atoms with E-state index in [0.29, 0.717) is 43.2 Å². The van der Waals surface area contributed by atoms with Gasteiger partial charge in [-0.25, -0.2) is 9.40 Å². The zero-order valence-electron chi connectivity index (χ0n) is 15.7. The second kappa shape index (κ2) is 7.60. The van der Waals surface area contributed by atoms with Crippen molar-refractivity contribution < 1.29 is 9.13 Å². The summed E-state index contributed by atoms with van der Waals surface area (Å²) >= 11 is 0. The van der Waals surface area contributed by atoms with Gasteiger partial charge in [0.2, 0.25) is 0 Å². The third-order valence-electron chi connectivity index (χ3n) is 7.30. The molecule has 7 atom stereocenters. The first-order valence-electron chi connectivity index (χ1n) is 10.8. The van der Waals surface area contributed by atoms with Crippen LogP contribution in [0.15, 0.2) is 0 Å². The molecule has 0 aromatic rings. The van der Waals surface area contributed by atoms with E-state index in [4.69, 9.17) is 4.74 Å². The van der Waals surface area contributed by atoms with Gasteiger partial charge in [-0.1, -0.05) is 0 Å². The third kappa shape index (κ3) is 3.31. The van der Waals surface area contributed by atoms with E-state index in [2.05, 4.69) is 26.0 Å². The number of hydrazine groups is 1. The van der Waals surface area contributed by atoms with Crippen molar-refractivity contribution in [1.82, 2.24) is 26.0 Å². The average Bonchev–Trinajstić information content (AvgIpc) is 3.28. The first-order valence-corrected chi connectivity index (χ1v) is 10.8. The molecule has 3 N–H and O–H groups in total. The summed E-state index contributed by atoms with van der Waals surface area (Å²) in [4.78, 5) is 2.67. The Hall–Kier alpha value is -0.310. The van der Waals surface area contributed by atoms with Crippen LogP contribution >= 0.6 is 0 Å². The Morgan fingerprint density at radius 1 is 1.04 bits per heavy atom. The van der Waals surface area contributed by atoms with E-state index in [-0.39, 0.29) is 6.10 Å². The zero-order chi connectivity index (χ0) is 17.5. The summed E-state index contributed by atoms with van der Waals surface area (Å²) in [5, 5.41) is 10.0. The number of nitrogens with zero attached hydrogens (tertiary/aromatic N) is 2. The van der Waals surface area contributed by atoms with E-state index < -0.39 is 6.17 Å². The van der Waals surface area contributed by atoms with Crippen molar-refractivity contribution in [2.45, 2.75) is 81.6 Å². The minimum atomic E-state index is -0.641. The van der Waals surface area contributed by atoms with Gasteiger partial charge in [-0.2, -0.15) is 0 Å². The number of nitrogens with one attached hydrogen (secondary N) is 3. The molecule has 6 nitrogen and oxygen atoms in total. The maximum Gasteiger partial charge on any atom is 0.101 e. The smallest absolute Gasteiger partial charge is 0.101 e. The molecule has 148 valence electrons. The lowest BCUT2D eigenvalue weighted by atomic mass is 9.79. The number of hydrogen-bond acceptors (Lipinski definition) is 6. The van der Waals surface area contributed by atoms with Gasteiger partial charge in [0, 0.05) is 31.7 Å². The predicted octanol–water partition coefficient (Wildman–Crippen LogP) is 0.802. The Labute approximate surface area is 156 Å². The minimum Gasteiger partial charge on any atom is -0.378 e. The Morgan fingerprint density at radius 2 is 2.00 bits per heavy atom. The lowest BCUT2D eigenvalue weighted by Gasteiger charge is -2.46. The molecule has 5 aliphatic rings. The molecule has 0 radical (unpaired) electrons. The van der Waals surface area contributed by atoms with Gasteiger partial charge >= 0.3 is 0 Å². The Balaban J connectivity index is 1.39. The van der Waals surface area contributed by atoms with Gasteiger partial charge in [-0.05, 0) is 58.0 Å². The van der Waals surface area contributed by atoms with Gasteiger partial charge in [0.15, 0.2) is 0 Å². The number of alkyl halides is 1. The van der Waals surface area contributed by atoms with E-state index >= 15 is 0 Å². The maximum absolute atomic E-state index is 14.3. The first-order chi connectivity index (χ1) is 12.8. The average molecular weight is 368 g/mol. The summed E-state index contributed by atoms with van der Waals surface area (Å²) in [6.45, 7) is 4.99. The van der Waals surface area contributed by atoms with Crippen LogP contribution in [0, 0.1) is 5.92 Å². The van der Waals surface area contributed by atoms with Crippen molar-refractivity contribution in [1.29, 1.82) is 0 Å². The van der Waals surface area contributed by atoms with Gasteiger partial charge < -0.3 is 10.1 Å². The molecule has 7 heteroatoms. The SMILES string of the molecule is FC1CCC2OCCCNC3CNN4CCC(NC34)N3CCC[C@H]3C2C1. The Bertz CT molecular complexity index is 497. The largest absolute Gasteiger partial charge is 0.378 e. The van der Waals surface area contributed by atoms with E-state index in [9.17, 15) is 4.39 Å². The molecule has 5 rings (SSSR count). The number of rotatable bonds is 0. The highest BCUT2D eigenvalue weighted by Gasteiger charge is 2.46. The Morgan fingerprint density at radius 3 is 2.96 bits per heavy atom. The minimum absolute atomic E-state index is 0.245. The topological polar surface area (TPSA) is 51.8 Å². The van der Waals surface area contributed by atoms with Gasteiger partial charge in [-0.3, -0.25) is 15.6 Å². The maximum atomic E-state index is 14.3. The summed E-state index contributed by atoms with van der Waals surface area (Å²) < 4.78 is 20.6. The standard InChI is InChI=1S/C19H34FN5O/c20-13-4-5-17-14(11-13)16-3-1-8-24(16)18-6-9-25-19(23-18)15(12-22-25)21-7-2-10-26-17/h13-19,21-23H,1-12H2/t13?,14?,15?,16-,17?,18?,19?/m0/s1. The molecule has 26 heavy (non-hydrogen) atoms. The molecular weight excluding hydrogens is 333 g/mol. The second-order valence-electron chi connectivity index (χ2n) is 8.82. The molecular formula is C19H34FN5O. The zero-order valence-corrected chi connectivity index (χ0v) is 15.7. The van der Waals surface area contributed by atoms with Crippen LogP contribution in [0.25, 0.3) is 0 Å². The summed E-state index contributed by atoms with van der Waals surface area (Å²) in [5.41, 5.74) is 3.55. The van der Waals surface area contributed by atoms with E-state index in [1.165, 1.54) is 12.8 Å². The van der Waals surface area contributed by atoms with Crippen LogP contribution in [-0.2, 0) is 4.74 Å². The van der Waals surface area contributed by atoms with Crippen molar-refractivity contribution in [3.63, 3.8) is 0 Å². The number of ether oxygens (including phenoxy) is 1. The predicted molar refractivity (Wildman–Crippen MR) is 98.2 cm³/mol. The lowest BCUT2D eigenvalue weighted by molar-refractivity contribution is -0.0661. The molecule has 2 bridgehead atoms. The fourth-order valence-electron chi connectivity index (χ4n) is 6.05. The fourth-order valence-corrected chi connectivity index (χ4v) is 6.05. The number of fused-ring (bicyclic) bond motifs is 5. The summed E-state index contributed by atoms with van der Waals surface area (Å²) in [5.74, 6) is 0.354. The molecule has 4 aliphatic heterocycles. The van der Waals surface area contributed by atoms with E-state index in [1.807, 2.05) is 0 Å². The third-order valence-corrected chi connectivity index (χ3v) is 7.30. The van der Waals surface area contributed by atoms with Crippen molar-refractivity contribution in [3.8, 4) is 0 Å². The molecule has 4 heterocycles. The Kier molecular flexibility index (Phi) is 5.20. The second-order valence-corrected chi connectivity index (χ2v) is 8.82. The van der Waals surface area contributed by atoms with Crippen LogP contribution in [-0.4, -0.2) is 79.4 Å². The molecule has 5 fully saturated rings. The summed E-state index contributed by atoms with van der Waals surface area (Å²) in [6, 6.07) is 0.918. The van der Waals surface area contributed by atoms with Crippen LogP contribution in [0.3, 0.4) is 0 Å². The highest BCUT2D eigenvalue weighted by atomic mass is 19.1. The normalized spacial score (nSPS) is 48.1. The van der Waals surface area contributed by atoms with Gasteiger partial charge in [0.25, 0.3) is 0 Å². The monoisotopic (exact) mass is 367 g/mol. The van der Waals surface area contributed by atoms with E-state index in [1.54, 1.807) is 0 Å². The summed E-state index contributed by atoms with van der Waals surface area (Å²) in [6.07, 6.45) is 7.23. The van der Waals surface area contributed by atoms with Crippen LogP contribution in [0.4, 0.5) is 4.39 Å². The molecule has 1 saturated carbocycles. The van der Waals surface area contributed by atoms with Gasteiger partial charge in [0.1, 0.15) is 6.17 Å². The van der Waals surface area contributed by atoms with Crippen molar-refractivity contribution in [2.75, 3.05) is 32.8 Å². The highest BCUT2D eigenvalue weighted by molar-refractivity contribution is 4.99. The molecule has 0 amide bonds. The molecule has 4 saturated heterocycles. The quantitative estimate of drug-likeness (QED) is 0.589. The molecule has 0 spiro atoms. The van der Waals surface area contributed by atoms with Crippen molar-refractivity contribution in [3.05, 3.63) is 0 Å². The molecule has 6 unspecified atom stereocenters. The highest BCUT2D eigenvalue weighted by Crippen LogP contribution is 2.39. The molecule has 0 aromatic heterocycles. The molecule has 1 aliphatic carbocycles. The van der Waals surface area contributed by atoms with Crippen molar-refractivity contribution >= 4 is 0 Å². The number of hydrogen-bond donors (Lipinski definition) is 3. The number of halogens is 1. The first kappa shape index (κ1) is 17.8. The fraction of sp³-hybridized carbons (Fsp3) is 1.00. The van der Waals surface area contributed by atoms with Gasteiger partial charge in [0.05, 0.1) is 24.5 Å². The molecule has 0 aromatic carbocycles. The van der Waals surface area contributed by atoms with E-state index in [0.717, 1.165) is 52.0 Å². The van der Waals surface area contributed by atoms with Crippen LogP contribution in [0.5, 0.6) is 0 Å². The van der Waals surface area contributed by atoms with Gasteiger partial charge in [-0.15, -0.1) is 0 Å². The lowest BCUT2D eigenvalue weighted by Crippen LogP contribution is -2.65. The van der Waals surface area contributed by atoms with Crippen LogP contribution < -0.4 is 16.1 Å². The van der Waals surface area contributed by atoms with Crippen molar-refractivity contribution in [2.24, 2.45) is 5.92 Å².